The van der Waals surface area contributed by atoms with Crippen molar-refractivity contribution in [1.82, 2.24) is 0 Å². The highest BCUT2D eigenvalue weighted by molar-refractivity contribution is 5.80. The molecular weight excluding hydrogens is 200 g/mol. The quantitative estimate of drug-likeness (QED) is 0.537. The lowest BCUT2D eigenvalue weighted by molar-refractivity contribution is -0.181. The largest absolute Gasteiger partial charge is 0.481 e. The van der Waals surface area contributed by atoms with Crippen molar-refractivity contribution in [2.45, 2.75) is 34.0 Å². The molecule has 0 aliphatic carbocycles. The average Bonchev–Trinajstić information content (AvgIpc) is 2.15. The van der Waals surface area contributed by atoms with Gasteiger partial charge in [-0.3, -0.25) is 9.59 Å². The van der Waals surface area contributed by atoms with Gasteiger partial charge in [-0.05, 0) is 13.8 Å². The Balaban J connectivity index is 4.15. The van der Waals surface area contributed by atoms with E-state index < -0.39 is 30.1 Å². The Bertz CT molecular complexity index is 226. The van der Waals surface area contributed by atoms with E-state index >= 15 is 0 Å². The Morgan fingerprint density at radius 1 is 1.20 bits per heavy atom. The Kier molecular flexibility index (Phi) is 5.93. The van der Waals surface area contributed by atoms with Crippen LogP contribution in [0.15, 0.2) is 0 Å². The van der Waals surface area contributed by atoms with Crippen LogP contribution in [0.4, 0.5) is 0 Å². The summed E-state index contributed by atoms with van der Waals surface area (Å²) in [4.78, 5) is 22.0. The van der Waals surface area contributed by atoms with Gasteiger partial charge in [0, 0.05) is 6.61 Å². The van der Waals surface area contributed by atoms with Gasteiger partial charge in [-0.1, -0.05) is 13.8 Å². The zero-order chi connectivity index (χ0) is 12.0. The molecule has 88 valence electrons. The molecule has 3 unspecified atom stereocenters. The number of aliphatic carboxylic acids is 1. The second-order valence-electron chi connectivity index (χ2n) is 3.38. The van der Waals surface area contributed by atoms with Gasteiger partial charge < -0.3 is 14.6 Å². The number of hydrogen-bond donors (Lipinski definition) is 1. The molecule has 0 aliphatic heterocycles. The van der Waals surface area contributed by atoms with Gasteiger partial charge in [-0.25, -0.2) is 0 Å². The number of carboxylic acids is 1. The van der Waals surface area contributed by atoms with Gasteiger partial charge in [0.1, 0.15) is 0 Å². The molecule has 0 radical (unpaired) electrons. The number of rotatable bonds is 6. The van der Waals surface area contributed by atoms with Crippen molar-refractivity contribution in [3.8, 4) is 0 Å². The maximum Gasteiger partial charge on any atom is 0.311 e. The average molecular weight is 218 g/mol. The summed E-state index contributed by atoms with van der Waals surface area (Å²) in [5.74, 6) is -2.99. The molecule has 5 nitrogen and oxygen atoms in total. The molecule has 0 saturated heterocycles. The molecule has 0 heterocycles. The summed E-state index contributed by atoms with van der Waals surface area (Å²) in [7, 11) is 0. The van der Waals surface area contributed by atoms with E-state index in [0.29, 0.717) is 6.61 Å². The molecule has 0 aromatic rings. The predicted molar refractivity (Wildman–Crippen MR) is 53.1 cm³/mol. The van der Waals surface area contributed by atoms with E-state index in [1.165, 1.54) is 13.8 Å². The van der Waals surface area contributed by atoms with Gasteiger partial charge in [-0.2, -0.15) is 0 Å². The van der Waals surface area contributed by atoms with Crippen LogP contribution in [0.5, 0.6) is 0 Å². The van der Waals surface area contributed by atoms with Crippen molar-refractivity contribution in [3.05, 3.63) is 0 Å². The fraction of sp³-hybridized carbons (Fsp3) is 0.800. The van der Waals surface area contributed by atoms with E-state index in [4.69, 9.17) is 14.6 Å². The monoisotopic (exact) mass is 218 g/mol. The SMILES string of the molecule is CCOC(C)OC(=O)C(C)C(C)C(=O)O. The molecule has 5 heteroatoms. The molecule has 0 aromatic carbocycles. The number of hydrogen-bond acceptors (Lipinski definition) is 4. The minimum absolute atomic E-state index is 0.442. The first-order valence-electron chi connectivity index (χ1n) is 4.95. The Hall–Kier alpha value is -1.10. The standard InChI is InChI=1S/C10H18O5/c1-5-14-8(4)15-10(13)7(3)6(2)9(11)12/h6-8H,5H2,1-4H3,(H,11,12). The third kappa shape index (κ3) is 4.78. The highest BCUT2D eigenvalue weighted by Gasteiger charge is 2.28. The molecule has 0 rings (SSSR count). The highest BCUT2D eigenvalue weighted by atomic mass is 16.7. The molecule has 0 amide bonds. The van der Waals surface area contributed by atoms with E-state index in [2.05, 4.69) is 0 Å². The highest BCUT2D eigenvalue weighted by Crippen LogP contribution is 2.14. The van der Waals surface area contributed by atoms with Gasteiger partial charge in [0.15, 0.2) is 6.29 Å². The minimum Gasteiger partial charge on any atom is -0.481 e. The van der Waals surface area contributed by atoms with Gasteiger partial charge in [0.05, 0.1) is 11.8 Å². The number of esters is 1. The molecule has 0 aliphatic rings. The van der Waals surface area contributed by atoms with Gasteiger partial charge in [0.2, 0.25) is 0 Å². The van der Waals surface area contributed by atoms with E-state index in [-0.39, 0.29) is 0 Å². The molecule has 0 bridgehead atoms. The first-order chi connectivity index (χ1) is 6.90. The maximum atomic E-state index is 11.4. The van der Waals surface area contributed by atoms with Crippen LogP contribution in [0, 0.1) is 11.8 Å². The third-order valence-electron chi connectivity index (χ3n) is 2.19. The molecule has 0 fully saturated rings. The van der Waals surface area contributed by atoms with E-state index in [0.717, 1.165) is 0 Å². The van der Waals surface area contributed by atoms with Crippen molar-refractivity contribution in [3.63, 3.8) is 0 Å². The summed E-state index contributed by atoms with van der Waals surface area (Å²) in [6, 6.07) is 0. The molecule has 0 saturated carbocycles. The van der Waals surface area contributed by atoms with Crippen molar-refractivity contribution in [1.29, 1.82) is 0 Å². The summed E-state index contributed by atoms with van der Waals surface area (Å²) in [5, 5.41) is 8.70. The lowest BCUT2D eigenvalue weighted by Gasteiger charge is -2.18. The first kappa shape index (κ1) is 13.9. The molecule has 0 aromatic heterocycles. The number of carboxylic acid groups (broad SMARTS) is 1. The smallest absolute Gasteiger partial charge is 0.311 e. The summed E-state index contributed by atoms with van der Waals surface area (Å²) >= 11 is 0. The molecule has 3 atom stereocenters. The normalized spacial score (nSPS) is 16.5. The fourth-order valence-electron chi connectivity index (χ4n) is 0.958. The number of carbonyl (C=O) groups is 2. The lowest BCUT2D eigenvalue weighted by atomic mass is 9.96. The van der Waals surface area contributed by atoms with Crippen LogP contribution in [-0.2, 0) is 19.1 Å². The fourth-order valence-corrected chi connectivity index (χ4v) is 0.958. The van der Waals surface area contributed by atoms with Gasteiger partial charge in [-0.15, -0.1) is 0 Å². The maximum absolute atomic E-state index is 11.4. The van der Waals surface area contributed by atoms with Crippen LogP contribution >= 0.6 is 0 Å². The summed E-state index contributed by atoms with van der Waals surface area (Å²) in [5.41, 5.74) is 0. The van der Waals surface area contributed by atoms with Gasteiger partial charge in [0.25, 0.3) is 0 Å². The van der Waals surface area contributed by atoms with Crippen molar-refractivity contribution < 1.29 is 24.2 Å². The van der Waals surface area contributed by atoms with Crippen LogP contribution in [0.1, 0.15) is 27.7 Å². The van der Waals surface area contributed by atoms with Crippen molar-refractivity contribution in [2.24, 2.45) is 11.8 Å². The second kappa shape index (κ2) is 6.40. The van der Waals surface area contributed by atoms with Crippen molar-refractivity contribution >= 4 is 11.9 Å². The topological polar surface area (TPSA) is 72.8 Å². The van der Waals surface area contributed by atoms with Crippen LogP contribution in [0.2, 0.25) is 0 Å². The Morgan fingerprint density at radius 3 is 2.13 bits per heavy atom. The van der Waals surface area contributed by atoms with Crippen LogP contribution < -0.4 is 0 Å². The number of ether oxygens (including phenoxy) is 2. The van der Waals surface area contributed by atoms with E-state index in [9.17, 15) is 9.59 Å². The second-order valence-corrected chi connectivity index (χ2v) is 3.38. The third-order valence-corrected chi connectivity index (χ3v) is 2.19. The van der Waals surface area contributed by atoms with Crippen LogP contribution in [-0.4, -0.2) is 29.9 Å². The molecular formula is C10H18O5. The van der Waals surface area contributed by atoms with Crippen molar-refractivity contribution in [2.75, 3.05) is 6.61 Å². The molecule has 0 spiro atoms. The van der Waals surface area contributed by atoms with E-state index in [1.54, 1.807) is 13.8 Å². The molecule has 1 N–H and O–H groups in total. The predicted octanol–water partition coefficient (Wildman–Crippen LogP) is 1.27. The molecule has 15 heavy (non-hydrogen) atoms. The van der Waals surface area contributed by atoms with Gasteiger partial charge >= 0.3 is 11.9 Å². The first-order valence-corrected chi connectivity index (χ1v) is 4.95. The van der Waals surface area contributed by atoms with E-state index in [1.807, 2.05) is 0 Å². The minimum atomic E-state index is -1.01. The Morgan fingerprint density at radius 2 is 1.73 bits per heavy atom. The summed E-state index contributed by atoms with van der Waals surface area (Å²) < 4.78 is 9.91. The Labute approximate surface area is 89.4 Å². The van der Waals surface area contributed by atoms with Crippen LogP contribution in [0.3, 0.4) is 0 Å². The zero-order valence-electron chi connectivity index (χ0n) is 9.52. The zero-order valence-corrected chi connectivity index (χ0v) is 9.52. The summed E-state index contributed by atoms with van der Waals surface area (Å²) in [6.07, 6.45) is -0.633. The summed E-state index contributed by atoms with van der Waals surface area (Å²) in [6.45, 7) is 6.82. The lowest BCUT2D eigenvalue weighted by Crippen LogP contribution is -2.30. The van der Waals surface area contributed by atoms with Crippen LogP contribution in [0.25, 0.3) is 0 Å². The number of carbonyl (C=O) groups excluding carboxylic acids is 1.